The number of hydrogen-bond acceptors (Lipinski definition) is 4. The highest BCUT2D eigenvalue weighted by Crippen LogP contribution is 2.31. The van der Waals surface area contributed by atoms with Gasteiger partial charge in [-0.1, -0.05) is 6.07 Å². The lowest BCUT2D eigenvalue weighted by molar-refractivity contribution is -0.124. The third-order valence-corrected chi connectivity index (χ3v) is 4.06. The van der Waals surface area contributed by atoms with Crippen LogP contribution < -0.4 is 16.0 Å². The Morgan fingerprint density at radius 2 is 2.05 bits per heavy atom. The second-order valence-electron chi connectivity index (χ2n) is 5.52. The van der Waals surface area contributed by atoms with Gasteiger partial charge in [0.1, 0.15) is 6.54 Å². The van der Waals surface area contributed by atoms with Crippen molar-refractivity contribution in [2.75, 3.05) is 30.3 Å². The summed E-state index contributed by atoms with van der Waals surface area (Å²) in [6.07, 6.45) is 1.92. The summed E-state index contributed by atoms with van der Waals surface area (Å²) >= 11 is 0. The third kappa shape index (κ3) is 2.61. The van der Waals surface area contributed by atoms with E-state index in [-0.39, 0.29) is 31.3 Å². The number of nitrogens with two attached hydrogens (primary N) is 1. The minimum atomic E-state index is -0.505. The van der Waals surface area contributed by atoms with E-state index in [1.165, 1.54) is 4.90 Å². The average molecular weight is 302 g/mol. The van der Waals surface area contributed by atoms with Crippen LogP contribution in [0.15, 0.2) is 18.2 Å². The number of amides is 4. The van der Waals surface area contributed by atoms with Gasteiger partial charge in [-0.25, -0.2) is 4.79 Å². The molecule has 0 atom stereocenters. The number of nitrogens with one attached hydrogen (secondary N) is 1. The van der Waals surface area contributed by atoms with Gasteiger partial charge in [0.05, 0.1) is 0 Å². The predicted molar refractivity (Wildman–Crippen MR) is 81.3 cm³/mol. The van der Waals surface area contributed by atoms with Gasteiger partial charge in [0.2, 0.25) is 11.8 Å². The molecule has 0 aromatic heterocycles. The Kier molecular flexibility index (Phi) is 3.70. The van der Waals surface area contributed by atoms with Crippen molar-refractivity contribution in [3.8, 4) is 0 Å². The van der Waals surface area contributed by atoms with Crippen molar-refractivity contribution in [1.82, 2.24) is 10.2 Å². The molecule has 1 aromatic carbocycles. The van der Waals surface area contributed by atoms with Crippen molar-refractivity contribution in [2.45, 2.75) is 19.3 Å². The molecule has 3 rings (SSSR count). The quantitative estimate of drug-likeness (QED) is 0.777. The molecule has 0 unspecified atom stereocenters. The Morgan fingerprint density at radius 3 is 2.82 bits per heavy atom. The summed E-state index contributed by atoms with van der Waals surface area (Å²) < 4.78 is 0. The maximum Gasteiger partial charge on any atom is 0.324 e. The predicted octanol–water partition coefficient (Wildman–Crippen LogP) is 0.490. The monoisotopic (exact) mass is 302 g/mol. The van der Waals surface area contributed by atoms with Gasteiger partial charge in [-0.15, -0.1) is 0 Å². The highest BCUT2D eigenvalue weighted by molar-refractivity contribution is 6.01. The highest BCUT2D eigenvalue weighted by Gasteiger charge is 2.29. The number of benzene rings is 1. The number of imide groups is 1. The Hall–Kier alpha value is -2.57. The van der Waals surface area contributed by atoms with Crippen LogP contribution in [0.1, 0.15) is 18.4 Å². The normalized spacial score (nSPS) is 18.0. The number of urea groups is 1. The number of nitrogens with zero attached hydrogens (tertiary/aromatic N) is 2. The van der Waals surface area contributed by atoms with E-state index in [1.807, 2.05) is 18.2 Å². The molecular formula is C15H18N4O3. The van der Waals surface area contributed by atoms with Gasteiger partial charge in [-0.2, -0.15) is 0 Å². The second kappa shape index (κ2) is 5.67. The van der Waals surface area contributed by atoms with Crippen LogP contribution in [-0.4, -0.2) is 42.4 Å². The van der Waals surface area contributed by atoms with Crippen molar-refractivity contribution < 1.29 is 14.4 Å². The maximum absolute atomic E-state index is 12.5. The molecule has 1 saturated heterocycles. The fourth-order valence-electron chi connectivity index (χ4n) is 2.91. The minimum Gasteiger partial charge on any atom is -0.398 e. The molecule has 0 aliphatic carbocycles. The topological polar surface area (TPSA) is 95.7 Å². The van der Waals surface area contributed by atoms with Crippen molar-refractivity contribution in [3.63, 3.8) is 0 Å². The number of carbonyl (C=O) groups excluding carboxylic acids is 3. The number of rotatable bonds is 2. The summed E-state index contributed by atoms with van der Waals surface area (Å²) in [7, 11) is 0. The maximum atomic E-state index is 12.5. The van der Waals surface area contributed by atoms with Gasteiger partial charge in [0.15, 0.2) is 0 Å². The first kappa shape index (κ1) is 14.4. The highest BCUT2D eigenvalue weighted by atomic mass is 16.2. The van der Waals surface area contributed by atoms with E-state index in [0.717, 1.165) is 24.1 Å². The number of hydrogen-bond donors (Lipinski definition) is 2. The number of fused-ring (bicyclic) bond motifs is 1. The van der Waals surface area contributed by atoms with E-state index in [4.69, 9.17) is 5.73 Å². The molecule has 2 aliphatic heterocycles. The molecular weight excluding hydrogens is 284 g/mol. The summed E-state index contributed by atoms with van der Waals surface area (Å²) in [6, 6.07) is 5.03. The second-order valence-corrected chi connectivity index (χ2v) is 5.52. The molecule has 0 spiro atoms. The molecule has 7 heteroatoms. The van der Waals surface area contributed by atoms with E-state index in [0.29, 0.717) is 12.2 Å². The molecule has 0 bridgehead atoms. The lowest BCUT2D eigenvalue weighted by Gasteiger charge is -2.33. The fraction of sp³-hybridized carbons (Fsp3) is 0.400. The van der Waals surface area contributed by atoms with Crippen LogP contribution in [0.2, 0.25) is 0 Å². The first-order valence-electron chi connectivity index (χ1n) is 7.33. The van der Waals surface area contributed by atoms with E-state index in [1.54, 1.807) is 4.90 Å². The number of nitrogen functional groups attached to an aromatic ring is 1. The molecule has 22 heavy (non-hydrogen) atoms. The van der Waals surface area contributed by atoms with Gasteiger partial charge in [-0.05, 0) is 30.5 Å². The van der Waals surface area contributed by atoms with Crippen LogP contribution in [0.4, 0.5) is 16.2 Å². The van der Waals surface area contributed by atoms with Crippen LogP contribution in [0.5, 0.6) is 0 Å². The Balaban J connectivity index is 1.75. The van der Waals surface area contributed by atoms with E-state index < -0.39 is 6.03 Å². The van der Waals surface area contributed by atoms with Crippen molar-refractivity contribution in [3.05, 3.63) is 23.8 Å². The molecule has 3 N–H and O–H groups in total. The fourth-order valence-corrected chi connectivity index (χ4v) is 2.91. The van der Waals surface area contributed by atoms with Gasteiger partial charge in [-0.3, -0.25) is 14.9 Å². The lowest BCUT2D eigenvalue weighted by Crippen LogP contribution is -2.53. The van der Waals surface area contributed by atoms with Crippen LogP contribution >= 0.6 is 0 Å². The number of anilines is 2. The van der Waals surface area contributed by atoms with Gasteiger partial charge >= 0.3 is 6.03 Å². The first-order valence-corrected chi connectivity index (χ1v) is 7.33. The molecule has 0 saturated carbocycles. The Labute approximate surface area is 128 Å². The van der Waals surface area contributed by atoms with Crippen molar-refractivity contribution >= 4 is 29.2 Å². The summed E-state index contributed by atoms with van der Waals surface area (Å²) in [5, 5.41) is 2.22. The van der Waals surface area contributed by atoms with Crippen LogP contribution in [0.3, 0.4) is 0 Å². The first-order chi connectivity index (χ1) is 10.6. The van der Waals surface area contributed by atoms with E-state index in [9.17, 15) is 14.4 Å². The van der Waals surface area contributed by atoms with Crippen molar-refractivity contribution in [2.24, 2.45) is 0 Å². The number of carbonyl (C=O) groups is 3. The van der Waals surface area contributed by atoms with E-state index >= 15 is 0 Å². The Morgan fingerprint density at radius 1 is 1.23 bits per heavy atom. The SMILES string of the molecule is Nc1cccc2c1CCCN2C(=O)CN1CCC(=O)NC1=O. The molecule has 2 heterocycles. The summed E-state index contributed by atoms with van der Waals surface area (Å²) in [5.41, 5.74) is 8.48. The lowest BCUT2D eigenvalue weighted by atomic mass is 10.00. The zero-order chi connectivity index (χ0) is 15.7. The van der Waals surface area contributed by atoms with Crippen LogP contribution in [0.25, 0.3) is 0 Å². The average Bonchev–Trinajstić information content (AvgIpc) is 2.50. The third-order valence-electron chi connectivity index (χ3n) is 4.06. The molecule has 4 amide bonds. The van der Waals surface area contributed by atoms with Gasteiger partial charge < -0.3 is 15.5 Å². The zero-order valence-electron chi connectivity index (χ0n) is 12.2. The largest absolute Gasteiger partial charge is 0.398 e. The molecule has 0 radical (unpaired) electrons. The van der Waals surface area contributed by atoms with Crippen LogP contribution in [-0.2, 0) is 16.0 Å². The standard InChI is InChI=1S/C15H18N4O3/c16-11-4-1-5-12-10(11)3-2-7-19(12)14(21)9-18-8-6-13(20)17-15(18)22/h1,4-5H,2-3,6-9,16H2,(H,17,20,22). The van der Waals surface area contributed by atoms with Gasteiger partial charge in [0.25, 0.3) is 0 Å². The molecule has 2 aliphatic rings. The van der Waals surface area contributed by atoms with Crippen LogP contribution in [0, 0.1) is 0 Å². The summed E-state index contributed by atoms with van der Waals surface area (Å²) in [5.74, 6) is -0.458. The molecule has 116 valence electrons. The summed E-state index contributed by atoms with van der Waals surface area (Å²) in [4.78, 5) is 38.5. The zero-order valence-corrected chi connectivity index (χ0v) is 12.2. The van der Waals surface area contributed by atoms with E-state index in [2.05, 4.69) is 5.32 Å². The summed E-state index contributed by atoms with van der Waals surface area (Å²) in [6.45, 7) is 0.852. The molecule has 1 aromatic rings. The molecule has 7 nitrogen and oxygen atoms in total. The Bertz CT molecular complexity index is 644. The molecule has 1 fully saturated rings. The smallest absolute Gasteiger partial charge is 0.324 e. The van der Waals surface area contributed by atoms with Gasteiger partial charge in [0, 0.05) is 30.9 Å². The van der Waals surface area contributed by atoms with Crippen molar-refractivity contribution in [1.29, 1.82) is 0 Å². The minimum absolute atomic E-state index is 0.0344.